The summed E-state index contributed by atoms with van der Waals surface area (Å²) in [4.78, 5) is 22.2. The molecule has 1 aliphatic rings. The fourth-order valence-corrected chi connectivity index (χ4v) is 6.45. The van der Waals surface area contributed by atoms with Gasteiger partial charge in [0.1, 0.15) is 0 Å². The average Bonchev–Trinajstić information content (AvgIpc) is 3.29. The Hall–Kier alpha value is -3.07. The van der Waals surface area contributed by atoms with Crippen LogP contribution in [0.2, 0.25) is 5.02 Å². The highest BCUT2D eigenvalue weighted by molar-refractivity contribution is 9.10. The van der Waals surface area contributed by atoms with Crippen LogP contribution in [0.25, 0.3) is 10.8 Å². The van der Waals surface area contributed by atoms with Gasteiger partial charge in [0.15, 0.2) is 0 Å². The van der Waals surface area contributed by atoms with Crippen molar-refractivity contribution in [3.05, 3.63) is 140 Å². The van der Waals surface area contributed by atoms with Crippen molar-refractivity contribution in [2.75, 3.05) is 40.8 Å². The Labute approximate surface area is 298 Å². The van der Waals surface area contributed by atoms with Crippen LogP contribution in [0.15, 0.2) is 106 Å². The van der Waals surface area contributed by atoms with E-state index in [1.165, 1.54) is 5.56 Å². The molecule has 0 spiro atoms. The molecule has 47 heavy (non-hydrogen) atoms. The maximum absolute atomic E-state index is 13.1. The molecular weight excluding hydrogens is 693 g/mol. The molecule has 6 rings (SSSR count). The quantitative estimate of drug-likeness (QED) is 0.160. The smallest absolute Gasteiger partial charge is 0.274 e. The Morgan fingerprint density at radius 2 is 1.62 bits per heavy atom. The van der Waals surface area contributed by atoms with Gasteiger partial charge in [-0.05, 0) is 120 Å². The summed E-state index contributed by atoms with van der Waals surface area (Å²) in [6.45, 7) is 3.13. The molecule has 2 atom stereocenters. The number of hydrogen-bond donors (Lipinski definition) is 0. The molecule has 248 valence electrons. The molecular formula is C38H44BrCl2N5O. The summed E-state index contributed by atoms with van der Waals surface area (Å²) >= 11 is 9.51. The van der Waals surface area contributed by atoms with E-state index >= 15 is 0 Å². The third-order valence-corrected chi connectivity index (χ3v) is 9.42. The van der Waals surface area contributed by atoms with Gasteiger partial charge in [-0.25, -0.2) is 4.68 Å². The van der Waals surface area contributed by atoms with Gasteiger partial charge in [-0.15, -0.1) is 12.4 Å². The zero-order valence-corrected chi connectivity index (χ0v) is 30.5. The van der Waals surface area contributed by atoms with E-state index in [1.807, 2.05) is 60.8 Å². The Bertz CT molecular complexity index is 1750. The van der Waals surface area contributed by atoms with Crippen LogP contribution in [0, 0.1) is 0 Å². The number of benzene rings is 3. The number of pyridine rings is 1. The summed E-state index contributed by atoms with van der Waals surface area (Å²) in [5.74, 6) is 0.358. The van der Waals surface area contributed by atoms with Crippen molar-refractivity contribution >= 4 is 50.7 Å². The number of likely N-dealkylation sites (tertiary alicyclic amines) is 1. The van der Waals surface area contributed by atoms with Crippen LogP contribution >= 0.6 is 39.9 Å². The summed E-state index contributed by atoms with van der Waals surface area (Å²) in [7, 11) is 6.36. The predicted molar refractivity (Wildman–Crippen MR) is 201 cm³/mol. The normalized spacial score (nSPS) is 15.7. The highest BCUT2D eigenvalue weighted by atomic mass is 79.9. The van der Waals surface area contributed by atoms with E-state index in [2.05, 4.69) is 88.3 Å². The number of rotatable bonds is 8. The van der Waals surface area contributed by atoms with Crippen LogP contribution in [0.3, 0.4) is 0 Å². The van der Waals surface area contributed by atoms with Crippen LogP contribution in [0.1, 0.15) is 60.2 Å². The number of aromatic nitrogens is 3. The second-order valence-electron chi connectivity index (χ2n) is 12.4. The maximum Gasteiger partial charge on any atom is 0.274 e. The average molecular weight is 738 g/mol. The van der Waals surface area contributed by atoms with Crippen LogP contribution in [-0.4, -0.2) is 65.3 Å². The fraction of sp³-hybridized carbons (Fsp3) is 0.342. The molecule has 3 heterocycles. The van der Waals surface area contributed by atoms with Crippen molar-refractivity contribution in [3.63, 3.8) is 0 Å². The molecule has 0 saturated carbocycles. The molecule has 1 saturated heterocycles. The number of halogens is 3. The van der Waals surface area contributed by atoms with E-state index < -0.39 is 0 Å². The molecule has 9 heteroatoms. The molecule has 0 bridgehead atoms. The standard InChI is InChI=1S/C22H24ClN3O.C16H19BrN2.ClH/c1-25-13-4-5-18(12-14-25)26-22(27)20-7-3-2-6-19(20)21(24-26)15-16-8-10-17(23)11-9-16;1-19(2)12-10-15(16-5-3-4-11-18-16)13-6-8-14(17)9-7-13;/h2-3,6-11,18H,4-5,12-15H2,1H3;3-9,11,15H,10,12H2,1-2H3;1H. The van der Waals surface area contributed by atoms with Gasteiger partial charge in [-0.1, -0.05) is 76.1 Å². The second kappa shape index (κ2) is 17.9. The lowest BCUT2D eigenvalue weighted by atomic mass is 9.92. The maximum atomic E-state index is 13.1. The Balaban J connectivity index is 0.000000221. The van der Waals surface area contributed by atoms with Gasteiger partial charge in [0, 0.05) is 39.1 Å². The monoisotopic (exact) mass is 735 g/mol. The molecule has 2 unspecified atom stereocenters. The van der Waals surface area contributed by atoms with E-state index in [9.17, 15) is 4.79 Å². The minimum atomic E-state index is 0. The zero-order chi connectivity index (χ0) is 32.5. The summed E-state index contributed by atoms with van der Waals surface area (Å²) in [5, 5.41) is 7.29. The molecule has 0 aliphatic carbocycles. The molecule has 5 aromatic rings. The third-order valence-electron chi connectivity index (χ3n) is 8.64. The van der Waals surface area contributed by atoms with E-state index in [-0.39, 0.29) is 24.0 Å². The van der Waals surface area contributed by atoms with Gasteiger partial charge < -0.3 is 9.80 Å². The van der Waals surface area contributed by atoms with Crippen molar-refractivity contribution in [1.82, 2.24) is 24.6 Å². The van der Waals surface area contributed by atoms with E-state index in [0.717, 1.165) is 82.5 Å². The molecule has 1 fully saturated rings. The lowest BCUT2D eigenvalue weighted by Crippen LogP contribution is -2.29. The lowest BCUT2D eigenvalue weighted by molar-refractivity contribution is 0.334. The van der Waals surface area contributed by atoms with Crippen molar-refractivity contribution in [1.29, 1.82) is 0 Å². The molecule has 3 aromatic carbocycles. The molecule has 6 nitrogen and oxygen atoms in total. The summed E-state index contributed by atoms with van der Waals surface area (Å²) in [6.07, 6.45) is 6.68. The fourth-order valence-electron chi connectivity index (χ4n) is 6.06. The van der Waals surface area contributed by atoms with Crippen LogP contribution in [-0.2, 0) is 6.42 Å². The van der Waals surface area contributed by atoms with Crippen molar-refractivity contribution in [2.24, 2.45) is 0 Å². The van der Waals surface area contributed by atoms with Gasteiger partial charge in [-0.3, -0.25) is 9.78 Å². The highest BCUT2D eigenvalue weighted by Gasteiger charge is 2.21. The van der Waals surface area contributed by atoms with Crippen LogP contribution < -0.4 is 5.56 Å². The van der Waals surface area contributed by atoms with Crippen LogP contribution in [0.5, 0.6) is 0 Å². The molecule has 0 N–H and O–H groups in total. The van der Waals surface area contributed by atoms with Gasteiger partial charge >= 0.3 is 0 Å². The van der Waals surface area contributed by atoms with E-state index in [4.69, 9.17) is 16.7 Å². The topological polar surface area (TPSA) is 54.3 Å². The number of nitrogens with zero attached hydrogens (tertiary/aromatic N) is 5. The molecule has 1 aliphatic heterocycles. The summed E-state index contributed by atoms with van der Waals surface area (Å²) < 4.78 is 2.87. The summed E-state index contributed by atoms with van der Waals surface area (Å²) in [6, 6.07) is 30.5. The minimum absolute atomic E-state index is 0. The first-order chi connectivity index (χ1) is 22.3. The first-order valence-electron chi connectivity index (χ1n) is 16.0. The molecule has 0 amide bonds. The van der Waals surface area contributed by atoms with Crippen LogP contribution in [0.4, 0.5) is 0 Å². The van der Waals surface area contributed by atoms with Gasteiger partial charge in [-0.2, -0.15) is 5.10 Å². The lowest BCUT2D eigenvalue weighted by Gasteiger charge is -2.19. The summed E-state index contributed by atoms with van der Waals surface area (Å²) in [5.41, 5.74) is 4.59. The van der Waals surface area contributed by atoms with E-state index in [0.29, 0.717) is 12.3 Å². The molecule has 0 radical (unpaired) electrons. The van der Waals surface area contributed by atoms with Gasteiger partial charge in [0.05, 0.1) is 17.1 Å². The van der Waals surface area contributed by atoms with E-state index in [1.54, 1.807) is 4.68 Å². The predicted octanol–water partition coefficient (Wildman–Crippen LogP) is 8.65. The SMILES string of the molecule is CN(C)CCC(c1ccc(Br)cc1)c1ccccn1.CN1CCCC(n2nc(Cc3ccc(Cl)cc3)c3ccccc3c2=O)CC1.Cl. The number of hydrogen-bond acceptors (Lipinski definition) is 5. The van der Waals surface area contributed by atoms with Gasteiger partial charge in [0.25, 0.3) is 5.56 Å². The molecule has 2 aromatic heterocycles. The highest BCUT2D eigenvalue weighted by Crippen LogP contribution is 2.28. The van der Waals surface area contributed by atoms with Crippen molar-refractivity contribution in [2.45, 2.75) is 44.1 Å². The van der Waals surface area contributed by atoms with Gasteiger partial charge in [0.2, 0.25) is 0 Å². The minimum Gasteiger partial charge on any atom is -0.309 e. The largest absolute Gasteiger partial charge is 0.309 e. The Morgan fingerprint density at radius 1 is 0.915 bits per heavy atom. The Kier molecular flexibility index (Phi) is 14.0. The zero-order valence-electron chi connectivity index (χ0n) is 27.4. The first-order valence-corrected chi connectivity index (χ1v) is 17.2. The Morgan fingerprint density at radius 3 is 2.30 bits per heavy atom. The third kappa shape index (κ3) is 10.2. The van der Waals surface area contributed by atoms with Crippen molar-refractivity contribution in [3.8, 4) is 0 Å². The van der Waals surface area contributed by atoms with Crippen molar-refractivity contribution < 1.29 is 0 Å². The first kappa shape index (κ1) is 36.8. The second-order valence-corrected chi connectivity index (χ2v) is 13.7. The number of fused-ring (bicyclic) bond motifs is 1.